The molecule has 0 aliphatic heterocycles. The summed E-state index contributed by atoms with van der Waals surface area (Å²) in [5.41, 5.74) is 2.17. The molecular formula is C18H22O3S. The highest BCUT2D eigenvalue weighted by Gasteiger charge is 2.21. The van der Waals surface area contributed by atoms with Gasteiger partial charge in [0.1, 0.15) is 11.5 Å². The molecule has 1 aliphatic rings. The summed E-state index contributed by atoms with van der Waals surface area (Å²) in [6.45, 7) is 2.11. The van der Waals surface area contributed by atoms with Crippen molar-refractivity contribution >= 4 is 11.3 Å². The monoisotopic (exact) mass is 318 g/mol. The first-order valence-corrected chi connectivity index (χ1v) is 9.00. The normalized spacial score (nSPS) is 15.1. The molecule has 0 bridgehead atoms. The van der Waals surface area contributed by atoms with E-state index in [-0.39, 0.29) is 11.4 Å². The average Bonchev–Trinajstić information content (AvgIpc) is 2.93. The zero-order valence-electron chi connectivity index (χ0n) is 13.0. The molecule has 3 rings (SSSR count). The maximum Gasteiger partial charge on any atom is 0.343 e. The lowest BCUT2D eigenvalue weighted by molar-refractivity contribution is 0.390. The first-order chi connectivity index (χ1) is 10.7. The molecule has 1 aliphatic carbocycles. The molecule has 1 N–H and O–H groups in total. The van der Waals surface area contributed by atoms with E-state index in [0.29, 0.717) is 17.7 Å². The van der Waals surface area contributed by atoms with Gasteiger partial charge in [0.25, 0.3) is 0 Å². The molecule has 2 aromatic rings. The third-order valence-corrected chi connectivity index (χ3v) is 5.47. The van der Waals surface area contributed by atoms with Crippen LogP contribution in [0.3, 0.4) is 0 Å². The maximum atomic E-state index is 12.3. The smallest absolute Gasteiger partial charge is 0.343 e. The average molecular weight is 318 g/mol. The lowest BCUT2D eigenvalue weighted by Crippen LogP contribution is -2.14. The number of aryl methyl sites for hydroxylation is 2. The summed E-state index contributed by atoms with van der Waals surface area (Å²) in [7, 11) is 0. The molecule has 0 aromatic carbocycles. The Balaban J connectivity index is 2.01. The maximum absolute atomic E-state index is 12.3. The van der Waals surface area contributed by atoms with E-state index in [0.717, 1.165) is 42.5 Å². The number of fused-ring (bicyclic) bond motifs is 1. The molecule has 0 atom stereocenters. The van der Waals surface area contributed by atoms with Crippen LogP contribution in [0.1, 0.15) is 59.9 Å². The Kier molecular flexibility index (Phi) is 4.67. The Morgan fingerprint density at radius 3 is 2.77 bits per heavy atom. The second kappa shape index (κ2) is 6.69. The number of hydrogen-bond acceptors (Lipinski definition) is 4. The van der Waals surface area contributed by atoms with Crippen LogP contribution < -0.4 is 5.63 Å². The van der Waals surface area contributed by atoms with E-state index in [1.807, 2.05) is 5.38 Å². The van der Waals surface area contributed by atoms with Crippen molar-refractivity contribution < 1.29 is 9.52 Å². The fourth-order valence-corrected chi connectivity index (χ4v) is 4.19. The lowest BCUT2D eigenvalue weighted by atomic mass is 9.95. The zero-order valence-corrected chi connectivity index (χ0v) is 13.8. The van der Waals surface area contributed by atoms with Gasteiger partial charge < -0.3 is 9.52 Å². The Bertz CT molecular complexity index is 712. The zero-order chi connectivity index (χ0) is 15.5. The van der Waals surface area contributed by atoms with Gasteiger partial charge in [-0.3, -0.25) is 0 Å². The van der Waals surface area contributed by atoms with Crippen LogP contribution in [0.15, 0.2) is 20.7 Å². The van der Waals surface area contributed by atoms with Crippen LogP contribution in [-0.4, -0.2) is 5.11 Å². The largest absolute Gasteiger partial charge is 0.507 e. The van der Waals surface area contributed by atoms with Gasteiger partial charge in [-0.2, -0.15) is 0 Å². The Hall–Kier alpha value is -1.55. The van der Waals surface area contributed by atoms with E-state index < -0.39 is 0 Å². The van der Waals surface area contributed by atoms with Crippen LogP contribution in [0.5, 0.6) is 5.75 Å². The summed E-state index contributed by atoms with van der Waals surface area (Å²) < 4.78 is 5.56. The second-order valence-electron chi connectivity index (χ2n) is 5.93. The molecule has 22 heavy (non-hydrogen) atoms. The van der Waals surface area contributed by atoms with Crippen molar-refractivity contribution in [3.63, 3.8) is 0 Å². The van der Waals surface area contributed by atoms with E-state index in [1.165, 1.54) is 18.4 Å². The molecule has 0 saturated heterocycles. The van der Waals surface area contributed by atoms with Crippen molar-refractivity contribution in [1.82, 2.24) is 0 Å². The van der Waals surface area contributed by atoms with Crippen molar-refractivity contribution in [2.24, 2.45) is 0 Å². The van der Waals surface area contributed by atoms with Gasteiger partial charge in [0.05, 0.1) is 5.56 Å². The molecule has 2 aromatic heterocycles. The van der Waals surface area contributed by atoms with Gasteiger partial charge in [-0.05, 0) is 42.7 Å². The molecule has 2 heterocycles. The predicted molar refractivity (Wildman–Crippen MR) is 89.0 cm³/mol. The number of thiophene rings is 1. The molecule has 0 radical (unpaired) electrons. The summed E-state index contributed by atoms with van der Waals surface area (Å²) in [6.07, 6.45) is 7.41. The minimum Gasteiger partial charge on any atom is -0.507 e. The SMILES string of the molecule is CCc1ccsc1Cc1c(O)c2c(oc1=O)CCCCCC2. The Morgan fingerprint density at radius 2 is 2.00 bits per heavy atom. The lowest BCUT2D eigenvalue weighted by Gasteiger charge is -2.15. The van der Waals surface area contributed by atoms with Crippen LogP contribution >= 0.6 is 11.3 Å². The molecule has 3 nitrogen and oxygen atoms in total. The molecule has 0 unspecified atom stereocenters. The molecule has 118 valence electrons. The van der Waals surface area contributed by atoms with Crippen molar-refractivity contribution in [1.29, 1.82) is 0 Å². The van der Waals surface area contributed by atoms with Gasteiger partial charge in [0.15, 0.2) is 0 Å². The van der Waals surface area contributed by atoms with Gasteiger partial charge in [-0.25, -0.2) is 4.79 Å². The van der Waals surface area contributed by atoms with Crippen LogP contribution in [0, 0.1) is 0 Å². The molecule has 0 amide bonds. The van der Waals surface area contributed by atoms with Gasteiger partial charge >= 0.3 is 5.63 Å². The van der Waals surface area contributed by atoms with Crippen LogP contribution in [-0.2, 0) is 25.7 Å². The van der Waals surface area contributed by atoms with E-state index >= 15 is 0 Å². The van der Waals surface area contributed by atoms with Gasteiger partial charge in [-0.1, -0.05) is 19.8 Å². The first kappa shape index (κ1) is 15.3. The van der Waals surface area contributed by atoms with Crippen LogP contribution in [0.2, 0.25) is 0 Å². The Morgan fingerprint density at radius 1 is 1.23 bits per heavy atom. The van der Waals surface area contributed by atoms with Crippen molar-refractivity contribution in [2.45, 2.75) is 58.3 Å². The van der Waals surface area contributed by atoms with Gasteiger partial charge in [0, 0.05) is 23.3 Å². The van der Waals surface area contributed by atoms with E-state index in [9.17, 15) is 9.90 Å². The topological polar surface area (TPSA) is 50.4 Å². The molecule has 0 fully saturated rings. The van der Waals surface area contributed by atoms with Crippen molar-refractivity contribution in [2.75, 3.05) is 0 Å². The quantitative estimate of drug-likeness (QED) is 0.922. The minimum atomic E-state index is -0.368. The standard InChI is InChI=1S/C18H22O3S/c1-2-12-9-10-22-16(12)11-14-17(19)13-7-5-3-4-6-8-15(13)21-18(14)20/h9-10,19H,2-8,11H2,1H3. The van der Waals surface area contributed by atoms with Crippen LogP contribution in [0.4, 0.5) is 0 Å². The fourth-order valence-electron chi connectivity index (χ4n) is 3.20. The summed E-state index contributed by atoms with van der Waals surface area (Å²) in [5.74, 6) is 0.886. The van der Waals surface area contributed by atoms with E-state index in [1.54, 1.807) is 11.3 Å². The first-order valence-electron chi connectivity index (χ1n) is 8.12. The second-order valence-corrected chi connectivity index (χ2v) is 6.93. The minimum absolute atomic E-state index is 0.184. The van der Waals surface area contributed by atoms with Crippen LogP contribution in [0.25, 0.3) is 0 Å². The third kappa shape index (κ3) is 2.98. The number of aromatic hydroxyl groups is 1. The highest BCUT2D eigenvalue weighted by atomic mass is 32.1. The molecular weight excluding hydrogens is 296 g/mol. The van der Waals surface area contributed by atoms with Gasteiger partial charge in [0.2, 0.25) is 0 Å². The van der Waals surface area contributed by atoms with E-state index in [2.05, 4.69) is 13.0 Å². The fraction of sp³-hybridized carbons (Fsp3) is 0.500. The molecule has 0 saturated carbocycles. The van der Waals surface area contributed by atoms with Crippen molar-refractivity contribution in [3.8, 4) is 5.75 Å². The number of hydrogen-bond donors (Lipinski definition) is 1. The Labute approximate surface area is 134 Å². The predicted octanol–water partition coefficient (Wildman–Crippen LogP) is 4.22. The molecule has 0 spiro atoms. The number of rotatable bonds is 3. The third-order valence-electron chi connectivity index (χ3n) is 4.51. The van der Waals surface area contributed by atoms with E-state index in [4.69, 9.17) is 4.42 Å². The summed E-state index contributed by atoms with van der Waals surface area (Å²) in [5, 5.41) is 12.7. The highest BCUT2D eigenvalue weighted by molar-refractivity contribution is 7.10. The highest BCUT2D eigenvalue weighted by Crippen LogP contribution is 2.31. The summed E-state index contributed by atoms with van der Waals surface area (Å²) in [6, 6.07) is 2.09. The summed E-state index contributed by atoms with van der Waals surface area (Å²) in [4.78, 5) is 13.5. The summed E-state index contributed by atoms with van der Waals surface area (Å²) >= 11 is 1.64. The van der Waals surface area contributed by atoms with Crippen molar-refractivity contribution in [3.05, 3.63) is 49.2 Å². The molecule has 4 heteroatoms. The van der Waals surface area contributed by atoms with Gasteiger partial charge in [-0.15, -0.1) is 11.3 Å².